The summed E-state index contributed by atoms with van der Waals surface area (Å²) in [5.41, 5.74) is 4.09. The molecule has 0 radical (unpaired) electrons. The van der Waals surface area contributed by atoms with E-state index in [2.05, 4.69) is 10.7 Å². The van der Waals surface area contributed by atoms with Crippen molar-refractivity contribution in [1.82, 2.24) is 25.6 Å². The highest BCUT2D eigenvalue weighted by atomic mass is 16.6. The molecule has 2 aliphatic rings. The predicted octanol–water partition coefficient (Wildman–Crippen LogP) is 3.00. The van der Waals surface area contributed by atoms with Gasteiger partial charge in [-0.15, -0.1) is 0 Å². The second-order valence-electron chi connectivity index (χ2n) is 12.1. The summed E-state index contributed by atoms with van der Waals surface area (Å²) in [6, 6.07) is 7.74. The van der Waals surface area contributed by atoms with Gasteiger partial charge in [0.1, 0.15) is 17.5 Å². The SMILES string of the molecule is COC[C@]1(C)/C=C\c2ccc3ccc(nc3c2)[C@@H](C)NC(=O)[C@@H]2CCCN(N2)C(=O)[C@H](C)N(C)C(=O)C(C(C)C)OC1=O. The first-order valence-electron chi connectivity index (χ1n) is 14.8. The molecule has 3 heterocycles. The zero-order valence-corrected chi connectivity index (χ0v) is 26.0. The lowest BCUT2D eigenvalue weighted by Crippen LogP contribution is -2.61. The molecule has 2 N–H and O–H groups in total. The Morgan fingerprint density at radius 3 is 2.53 bits per heavy atom. The fraction of sp³-hybridized carbons (Fsp3) is 0.531. The van der Waals surface area contributed by atoms with E-state index in [1.807, 2.05) is 37.3 Å². The second-order valence-corrected chi connectivity index (χ2v) is 12.1. The summed E-state index contributed by atoms with van der Waals surface area (Å²) in [4.78, 5) is 60.1. The van der Waals surface area contributed by atoms with Crippen LogP contribution in [0.5, 0.6) is 0 Å². The van der Waals surface area contributed by atoms with Crippen molar-refractivity contribution in [2.75, 3.05) is 27.3 Å². The zero-order valence-electron chi connectivity index (χ0n) is 26.0. The maximum atomic E-state index is 13.6. The third kappa shape index (κ3) is 7.05. The number of carbonyl (C=O) groups is 4. The third-order valence-corrected chi connectivity index (χ3v) is 8.23. The van der Waals surface area contributed by atoms with Crippen LogP contribution in [0.25, 0.3) is 17.0 Å². The minimum Gasteiger partial charge on any atom is -0.451 e. The molecule has 1 aromatic heterocycles. The predicted molar refractivity (Wildman–Crippen MR) is 162 cm³/mol. The van der Waals surface area contributed by atoms with Crippen molar-refractivity contribution in [2.24, 2.45) is 11.3 Å². The lowest BCUT2D eigenvalue weighted by Gasteiger charge is -2.37. The van der Waals surface area contributed by atoms with Crippen LogP contribution in [0.15, 0.2) is 36.4 Å². The number of hydrogen-bond acceptors (Lipinski definition) is 8. The zero-order chi connectivity index (χ0) is 31.5. The maximum absolute atomic E-state index is 13.6. The number of methoxy groups -OCH3 is 1. The van der Waals surface area contributed by atoms with Crippen LogP contribution in [0.1, 0.15) is 64.8 Å². The maximum Gasteiger partial charge on any atom is 0.318 e. The average Bonchev–Trinajstić information content (AvgIpc) is 3.00. The molecule has 43 heavy (non-hydrogen) atoms. The number of hydrazine groups is 1. The number of benzene rings is 1. The number of rotatable bonds is 3. The van der Waals surface area contributed by atoms with Gasteiger partial charge in [-0.05, 0) is 57.2 Å². The van der Waals surface area contributed by atoms with Crippen LogP contribution in [0.2, 0.25) is 0 Å². The minimum atomic E-state index is -1.20. The van der Waals surface area contributed by atoms with E-state index in [1.165, 1.54) is 24.1 Å². The molecular weight excluding hydrogens is 550 g/mol. The number of nitrogens with one attached hydrogen (secondary N) is 2. The summed E-state index contributed by atoms with van der Waals surface area (Å²) in [6.45, 7) is 9.18. The van der Waals surface area contributed by atoms with Crippen molar-refractivity contribution >= 4 is 40.7 Å². The topological polar surface area (TPSA) is 130 Å². The summed E-state index contributed by atoms with van der Waals surface area (Å²) >= 11 is 0. The molecule has 11 heteroatoms. The van der Waals surface area contributed by atoms with Gasteiger partial charge in [-0.3, -0.25) is 29.2 Å². The van der Waals surface area contributed by atoms with E-state index in [4.69, 9.17) is 14.5 Å². The molecule has 4 rings (SSSR count). The molecule has 1 saturated heterocycles. The summed E-state index contributed by atoms with van der Waals surface area (Å²) < 4.78 is 11.3. The Hall–Kier alpha value is -3.83. The number of esters is 1. The molecule has 2 aliphatic heterocycles. The van der Waals surface area contributed by atoms with E-state index in [0.29, 0.717) is 25.1 Å². The highest BCUT2D eigenvalue weighted by Crippen LogP contribution is 2.27. The van der Waals surface area contributed by atoms with Gasteiger partial charge < -0.3 is 19.7 Å². The number of ether oxygens (including phenoxy) is 2. The normalized spacial score (nSPS) is 28.7. The minimum absolute atomic E-state index is 0.0288. The van der Waals surface area contributed by atoms with Gasteiger partial charge in [0.25, 0.3) is 11.8 Å². The van der Waals surface area contributed by atoms with Gasteiger partial charge in [-0.25, -0.2) is 5.43 Å². The fourth-order valence-corrected chi connectivity index (χ4v) is 5.28. The van der Waals surface area contributed by atoms with Gasteiger partial charge in [0.05, 0.1) is 23.9 Å². The van der Waals surface area contributed by atoms with Gasteiger partial charge >= 0.3 is 5.97 Å². The number of carbonyl (C=O) groups excluding carboxylic acids is 4. The van der Waals surface area contributed by atoms with Crippen LogP contribution in [0, 0.1) is 11.3 Å². The van der Waals surface area contributed by atoms with Crippen molar-refractivity contribution in [3.05, 3.63) is 47.7 Å². The molecule has 5 atom stereocenters. The van der Waals surface area contributed by atoms with Crippen LogP contribution in [0.4, 0.5) is 0 Å². The van der Waals surface area contributed by atoms with Gasteiger partial charge in [-0.1, -0.05) is 44.2 Å². The van der Waals surface area contributed by atoms with Crippen molar-refractivity contribution in [2.45, 2.75) is 71.7 Å². The lowest BCUT2D eigenvalue weighted by molar-refractivity contribution is -0.172. The van der Waals surface area contributed by atoms with E-state index in [1.54, 1.807) is 39.8 Å². The van der Waals surface area contributed by atoms with Crippen LogP contribution >= 0.6 is 0 Å². The standard InChI is InChI=1S/C32H43N5O6/c1-19(2)27-30(40)36(6)21(4)29(39)37-16-8-9-25(35-37)28(38)33-20(3)24-13-12-23-11-10-22(17-26(23)34-24)14-15-32(5,18-42-7)31(41)43-27/h10-15,17,19-21,25,27,35H,8-9,16,18H2,1-7H3,(H,33,38)/b15-14-/t20-,21+,25+,27?,32+/m1/s1. The van der Waals surface area contributed by atoms with Crippen molar-refractivity contribution in [1.29, 1.82) is 0 Å². The first-order valence-corrected chi connectivity index (χ1v) is 14.8. The number of pyridine rings is 1. The monoisotopic (exact) mass is 593 g/mol. The van der Waals surface area contributed by atoms with E-state index < -0.39 is 35.5 Å². The first-order chi connectivity index (χ1) is 20.3. The molecule has 232 valence electrons. The largest absolute Gasteiger partial charge is 0.451 e. The Bertz CT molecular complexity index is 1410. The Labute approximate surface area is 252 Å². The van der Waals surface area contributed by atoms with Gasteiger partial charge in [0.2, 0.25) is 5.91 Å². The highest BCUT2D eigenvalue weighted by Gasteiger charge is 2.40. The summed E-state index contributed by atoms with van der Waals surface area (Å²) in [6.07, 6.45) is 3.57. The number of likely N-dealkylation sites (N-methyl/N-ethyl adjacent to an activating group) is 1. The van der Waals surface area contributed by atoms with E-state index in [-0.39, 0.29) is 30.4 Å². The lowest BCUT2D eigenvalue weighted by atomic mass is 9.90. The van der Waals surface area contributed by atoms with Crippen LogP contribution in [0.3, 0.4) is 0 Å². The Kier molecular flexibility index (Phi) is 9.86. The Balaban J connectivity index is 1.76. The number of hydrogen-bond donors (Lipinski definition) is 2. The molecular formula is C32H43N5O6. The van der Waals surface area contributed by atoms with Crippen LogP contribution in [-0.4, -0.2) is 84.1 Å². The van der Waals surface area contributed by atoms with Crippen molar-refractivity contribution < 1.29 is 28.7 Å². The quantitative estimate of drug-likeness (QED) is 0.520. The van der Waals surface area contributed by atoms with E-state index in [0.717, 1.165) is 16.5 Å². The molecule has 1 aromatic carbocycles. The Morgan fingerprint density at radius 2 is 1.84 bits per heavy atom. The molecule has 1 fully saturated rings. The second kappa shape index (κ2) is 13.2. The number of amides is 3. The molecule has 5 bridgehead atoms. The van der Waals surface area contributed by atoms with Crippen molar-refractivity contribution in [3.8, 4) is 0 Å². The van der Waals surface area contributed by atoms with E-state index in [9.17, 15) is 19.2 Å². The molecule has 0 spiro atoms. The first kappa shape index (κ1) is 32.1. The average molecular weight is 594 g/mol. The summed E-state index contributed by atoms with van der Waals surface area (Å²) in [5, 5.41) is 5.36. The Morgan fingerprint density at radius 1 is 1.12 bits per heavy atom. The number of aromatic nitrogens is 1. The van der Waals surface area contributed by atoms with Gasteiger partial charge in [0.15, 0.2) is 6.10 Å². The number of nitrogens with zero attached hydrogens (tertiary/aromatic N) is 3. The molecule has 3 amide bonds. The summed E-state index contributed by atoms with van der Waals surface area (Å²) in [7, 11) is 3.02. The highest BCUT2D eigenvalue weighted by molar-refractivity contribution is 5.91. The van der Waals surface area contributed by atoms with Crippen molar-refractivity contribution in [3.63, 3.8) is 0 Å². The van der Waals surface area contributed by atoms with Crippen LogP contribution in [-0.2, 0) is 28.7 Å². The van der Waals surface area contributed by atoms with Gasteiger partial charge in [0, 0.05) is 26.1 Å². The molecule has 0 saturated carbocycles. The third-order valence-electron chi connectivity index (χ3n) is 8.23. The molecule has 2 aromatic rings. The number of cyclic esters (lactones) is 1. The molecule has 0 aliphatic carbocycles. The van der Waals surface area contributed by atoms with Crippen LogP contribution < -0.4 is 10.7 Å². The van der Waals surface area contributed by atoms with Gasteiger partial charge in [-0.2, -0.15) is 0 Å². The fourth-order valence-electron chi connectivity index (χ4n) is 5.28. The summed E-state index contributed by atoms with van der Waals surface area (Å²) in [5.74, 6) is -2.07. The van der Waals surface area contributed by atoms with E-state index >= 15 is 0 Å². The smallest absolute Gasteiger partial charge is 0.318 e. The molecule has 1 unspecified atom stereocenters. The molecule has 11 nitrogen and oxygen atoms in total. The number of fused-ring (bicyclic) bond motifs is 4.